The molecule has 0 heterocycles. The fourth-order valence-corrected chi connectivity index (χ4v) is 2.58. The third kappa shape index (κ3) is 6.26. The highest BCUT2D eigenvalue weighted by Crippen LogP contribution is 2.30. The molecule has 1 aliphatic carbocycles. The van der Waals surface area contributed by atoms with E-state index in [1.807, 2.05) is 6.92 Å². The molecule has 1 N–H and O–H groups in total. The van der Waals surface area contributed by atoms with Crippen molar-refractivity contribution in [2.75, 3.05) is 0 Å². The Morgan fingerprint density at radius 3 is 2.80 bits per heavy atom. The van der Waals surface area contributed by atoms with Crippen molar-refractivity contribution in [3.8, 4) is 0 Å². The summed E-state index contributed by atoms with van der Waals surface area (Å²) >= 11 is 4.49. The molecule has 0 bridgehead atoms. The summed E-state index contributed by atoms with van der Waals surface area (Å²) in [7, 11) is 0. The number of unbranched alkanes of at least 4 members (excludes halogenated alkanes) is 2. The molecule has 1 aliphatic rings. The Labute approximate surface area is 99.4 Å². The van der Waals surface area contributed by atoms with Crippen LogP contribution in [0, 0.1) is 5.92 Å². The van der Waals surface area contributed by atoms with Crippen LogP contribution in [0.3, 0.4) is 0 Å². The molecule has 0 aromatic carbocycles. The smallest absolute Gasteiger partial charge is 0.0512 e. The number of thiol groups is 1. The van der Waals surface area contributed by atoms with E-state index in [1.54, 1.807) is 0 Å². The summed E-state index contributed by atoms with van der Waals surface area (Å²) in [5, 5.41) is 9.72. The minimum Gasteiger partial charge on any atom is -0.393 e. The summed E-state index contributed by atoms with van der Waals surface area (Å²) in [5.41, 5.74) is 0. The van der Waals surface area contributed by atoms with Crippen molar-refractivity contribution in [3.63, 3.8) is 0 Å². The molecule has 1 nitrogen and oxygen atoms in total. The first-order valence-electron chi connectivity index (χ1n) is 6.21. The number of hydrogen-bond acceptors (Lipinski definition) is 2. The molecule has 0 aliphatic heterocycles. The van der Waals surface area contributed by atoms with Crippen LogP contribution in [0.25, 0.3) is 0 Å². The number of aliphatic hydroxyl groups is 1. The highest BCUT2D eigenvalue weighted by molar-refractivity contribution is 7.80. The first-order valence-corrected chi connectivity index (χ1v) is 6.73. The fraction of sp³-hybridized carbons (Fsp3) is 0.846. The van der Waals surface area contributed by atoms with Crippen LogP contribution in [-0.4, -0.2) is 16.5 Å². The molecule has 1 rings (SSSR count). The fourth-order valence-electron chi connectivity index (χ4n) is 2.16. The summed E-state index contributed by atoms with van der Waals surface area (Å²) in [4.78, 5) is 0. The molecular weight excluding hydrogens is 204 g/mol. The lowest BCUT2D eigenvalue weighted by Gasteiger charge is -2.03. The van der Waals surface area contributed by atoms with Crippen LogP contribution in [0.5, 0.6) is 0 Å². The normalized spacial score (nSPS) is 28.7. The molecular formula is C13H24OS. The van der Waals surface area contributed by atoms with Crippen molar-refractivity contribution in [3.05, 3.63) is 12.2 Å². The van der Waals surface area contributed by atoms with Crippen molar-refractivity contribution < 1.29 is 5.11 Å². The van der Waals surface area contributed by atoms with Crippen molar-refractivity contribution in [1.82, 2.24) is 0 Å². The third-order valence-corrected chi connectivity index (χ3v) is 3.57. The highest BCUT2D eigenvalue weighted by Gasteiger charge is 2.18. The zero-order chi connectivity index (χ0) is 11.1. The Kier molecular flexibility index (Phi) is 6.42. The monoisotopic (exact) mass is 228 g/mol. The van der Waals surface area contributed by atoms with Crippen LogP contribution in [0.4, 0.5) is 0 Å². The summed E-state index contributed by atoms with van der Waals surface area (Å²) in [6, 6.07) is 0. The van der Waals surface area contributed by atoms with E-state index >= 15 is 0 Å². The van der Waals surface area contributed by atoms with Crippen LogP contribution < -0.4 is 0 Å². The number of aliphatic hydroxyl groups excluding tert-OH is 1. The summed E-state index contributed by atoms with van der Waals surface area (Å²) in [6.45, 7) is 1.86. The van der Waals surface area contributed by atoms with E-state index in [4.69, 9.17) is 5.11 Å². The Morgan fingerprint density at radius 1 is 1.40 bits per heavy atom. The molecule has 15 heavy (non-hydrogen) atoms. The molecule has 2 heteroatoms. The molecule has 3 atom stereocenters. The van der Waals surface area contributed by atoms with Crippen LogP contribution in [0.15, 0.2) is 12.2 Å². The number of allylic oxidation sites excluding steroid dienone is 2. The Bertz CT molecular complexity index is 189. The van der Waals surface area contributed by atoms with E-state index in [1.165, 1.54) is 32.1 Å². The van der Waals surface area contributed by atoms with Gasteiger partial charge in [0.2, 0.25) is 0 Å². The molecule has 0 spiro atoms. The van der Waals surface area contributed by atoms with Gasteiger partial charge in [-0.05, 0) is 51.4 Å². The second-order valence-electron chi connectivity index (χ2n) is 4.79. The lowest BCUT2D eigenvalue weighted by Crippen LogP contribution is -1.97. The van der Waals surface area contributed by atoms with Gasteiger partial charge in [0.05, 0.1) is 6.10 Å². The summed E-state index contributed by atoms with van der Waals surface area (Å²) in [6.07, 6.45) is 12.9. The van der Waals surface area contributed by atoms with Gasteiger partial charge in [-0.1, -0.05) is 18.6 Å². The number of hydrogen-bond donors (Lipinski definition) is 2. The van der Waals surface area contributed by atoms with Gasteiger partial charge in [0, 0.05) is 5.25 Å². The predicted octanol–water partition coefficient (Wildman–Crippen LogP) is 3.58. The van der Waals surface area contributed by atoms with Gasteiger partial charge < -0.3 is 5.11 Å². The van der Waals surface area contributed by atoms with E-state index in [-0.39, 0.29) is 6.10 Å². The molecule has 0 saturated heterocycles. The van der Waals surface area contributed by atoms with Gasteiger partial charge in [-0.2, -0.15) is 12.6 Å². The van der Waals surface area contributed by atoms with E-state index < -0.39 is 0 Å². The maximum Gasteiger partial charge on any atom is 0.0512 e. The van der Waals surface area contributed by atoms with Gasteiger partial charge in [-0.25, -0.2) is 0 Å². The van der Waals surface area contributed by atoms with Crippen molar-refractivity contribution in [1.29, 1.82) is 0 Å². The highest BCUT2D eigenvalue weighted by atomic mass is 32.1. The van der Waals surface area contributed by atoms with E-state index in [2.05, 4.69) is 24.8 Å². The van der Waals surface area contributed by atoms with Gasteiger partial charge in [-0.15, -0.1) is 0 Å². The van der Waals surface area contributed by atoms with Crippen LogP contribution in [-0.2, 0) is 0 Å². The van der Waals surface area contributed by atoms with Crippen LogP contribution >= 0.6 is 12.6 Å². The molecule has 0 radical (unpaired) electrons. The lowest BCUT2D eigenvalue weighted by atomic mass is 10.1. The lowest BCUT2D eigenvalue weighted by molar-refractivity contribution is 0.181. The maximum absolute atomic E-state index is 9.08. The van der Waals surface area contributed by atoms with Gasteiger partial charge in [0.1, 0.15) is 0 Å². The first kappa shape index (κ1) is 13.1. The SMILES string of the molecule is C[C@@H](O)CCCC/C=C/[C@H]1CC[C@@H](S)C1. The third-order valence-electron chi connectivity index (χ3n) is 3.10. The number of rotatable bonds is 6. The Hall–Kier alpha value is 0.0500. The van der Waals surface area contributed by atoms with Gasteiger partial charge in [0.25, 0.3) is 0 Å². The zero-order valence-electron chi connectivity index (χ0n) is 9.73. The second-order valence-corrected chi connectivity index (χ2v) is 5.52. The topological polar surface area (TPSA) is 20.2 Å². The standard InChI is InChI=1S/C13H24OS/c1-11(14)6-4-2-3-5-7-12-8-9-13(15)10-12/h5,7,11-15H,2-4,6,8-10H2,1H3/b7-5+/t11-,12+,13-/m1/s1. The molecule has 1 saturated carbocycles. The Balaban J connectivity index is 1.97. The summed E-state index contributed by atoms with van der Waals surface area (Å²) < 4.78 is 0. The van der Waals surface area contributed by atoms with E-state index in [0.29, 0.717) is 5.25 Å². The average molecular weight is 228 g/mol. The van der Waals surface area contributed by atoms with Crippen LogP contribution in [0.1, 0.15) is 51.9 Å². The van der Waals surface area contributed by atoms with Crippen molar-refractivity contribution in [2.24, 2.45) is 5.92 Å². The molecule has 0 aromatic heterocycles. The quantitative estimate of drug-likeness (QED) is 0.404. The van der Waals surface area contributed by atoms with E-state index in [0.717, 1.165) is 18.8 Å². The average Bonchev–Trinajstić information content (AvgIpc) is 2.57. The molecule has 1 fully saturated rings. The summed E-state index contributed by atoms with van der Waals surface area (Å²) in [5.74, 6) is 0.782. The molecule has 0 unspecified atom stereocenters. The van der Waals surface area contributed by atoms with Gasteiger partial charge in [0.15, 0.2) is 0 Å². The zero-order valence-corrected chi connectivity index (χ0v) is 10.6. The van der Waals surface area contributed by atoms with Crippen molar-refractivity contribution in [2.45, 2.75) is 63.2 Å². The minimum atomic E-state index is -0.131. The van der Waals surface area contributed by atoms with Gasteiger partial charge >= 0.3 is 0 Å². The van der Waals surface area contributed by atoms with Crippen LogP contribution in [0.2, 0.25) is 0 Å². The Morgan fingerprint density at radius 2 is 2.20 bits per heavy atom. The minimum absolute atomic E-state index is 0.131. The largest absolute Gasteiger partial charge is 0.393 e. The molecule has 88 valence electrons. The maximum atomic E-state index is 9.08. The van der Waals surface area contributed by atoms with Crippen molar-refractivity contribution >= 4 is 12.6 Å². The van der Waals surface area contributed by atoms with E-state index in [9.17, 15) is 0 Å². The van der Waals surface area contributed by atoms with Gasteiger partial charge in [-0.3, -0.25) is 0 Å². The molecule has 0 aromatic rings. The first-order chi connectivity index (χ1) is 7.18. The predicted molar refractivity (Wildman–Crippen MR) is 69.4 cm³/mol. The second kappa shape index (κ2) is 7.34. The molecule has 0 amide bonds.